The Hall–Kier alpha value is -1.87. The Bertz CT molecular complexity index is 795. The van der Waals surface area contributed by atoms with Gasteiger partial charge in [-0.05, 0) is 37.3 Å². The zero-order valence-corrected chi connectivity index (χ0v) is 14.7. The van der Waals surface area contributed by atoms with Crippen molar-refractivity contribution >= 4 is 47.5 Å². The second kappa shape index (κ2) is 8.11. The first-order valence-corrected chi connectivity index (χ1v) is 8.49. The van der Waals surface area contributed by atoms with Gasteiger partial charge in [0, 0.05) is 22.2 Å². The normalized spacial score (nSPS) is 11.5. The van der Waals surface area contributed by atoms with Gasteiger partial charge in [0.05, 0.1) is 5.75 Å². The van der Waals surface area contributed by atoms with E-state index in [1.54, 1.807) is 35.0 Å². The van der Waals surface area contributed by atoms with Crippen molar-refractivity contribution in [2.45, 2.75) is 6.92 Å². The maximum absolute atomic E-state index is 12.1. The van der Waals surface area contributed by atoms with Crippen LogP contribution in [0.15, 0.2) is 53.0 Å². The summed E-state index contributed by atoms with van der Waals surface area (Å²) < 4.78 is 2.07. The number of nitriles is 1. The summed E-state index contributed by atoms with van der Waals surface area (Å²) >= 11 is 12.3. The molecule has 0 N–H and O–H groups in total. The topological polar surface area (TPSA) is 44.7 Å². The predicted molar refractivity (Wildman–Crippen MR) is 95.8 cm³/mol. The van der Waals surface area contributed by atoms with Crippen LogP contribution in [0.5, 0.6) is 0 Å². The first kappa shape index (κ1) is 17.5. The van der Waals surface area contributed by atoms with Crippen molar-refractivity contribution in [3.63, 3.8) is 0 Å². The minimum atomic E-state index is -0.0550. The fourth-order valence-electron chi connectivity index (χ4n) is 1.86. The molecule has 0 atom stereocenters. The van der Waals surface area contributed by atoms with Crippen molar-refractivity contribution in [3.8, 4) is 6.07 Å². The molecule has 1 heterocycles. The molecule has 0 spiro atoms. The zero-order valence-electron chi connectivity index (χ0n) is 12.3. The Balaban J connectivity index is 2.13. The summed E-state index contributed by atoms with van der Waals surface area (Å²) in [6, 6.07) is 12.6. The van der Waals surface area contributed by atoms with Crippen LogP contribution in [0.1, 0.15) is 15.9 Å². The van der Waals surface area contributed by atoms with Crippen LogP contribution >= 0.6 is 23.4 Å². The van der Waals surface area contributed by atoms with E-state index >= 15 is 0 Å². The molecule has 2 rings (SSSR count). The summed E-state index contributed by atoms with van der Waals surface area (Å²) in [7, 11) is 0. The highest BCUT2D eigenvalue weighted by atomic mass is 35.5. The number of hydrogen-bond acceptors (Lipinski definition) is 4. The molecule has 1 aromatic heterocycles. The van der Waals surface area contributed by atoms with Gasteiger partial charge in [0.25, 0.3) is 5.70 Å². The lowest BCUT2D eigenvalue weighted by Gasteiger charge is -2.10. The maximum Gasteiger partial charge on any atom is 0.275 e. The molecule has 2 aromatic rings. The van der Waals surface area contributed by atoms with E-state index in [2.05, 4.69) is 6.07 Å². The fourth-order valence-corrected chi connectivity index (χ4v) is 3.03. The van der Waals surface area contributed by atoms with E-state index in [0.29, 0.717) is 20.5 Å². The number of aromatic nitrogens is 1. The average molecular weight is 361 g/mol. The molecule has 0 aliphatic carbocycles. The van der Waals surface area contributed by atoms with Gasteiger partial charge in [-0.1, -0.05) is 15.8 Å². The molecule has 0 amide bonds. The van der Waals surface area contributed by atoms with E-state index in [9.17, 15) is 10.1 Å². The number of carbonyl (C=O) groups excluding carboxylic acids is 1. The number of aryl methyl sites for hydroxylation is 1. The SMILES string of the molecule is Cc1ccc[n+](C(C#N)=C([S-])SCC(=O)c2ccc(Cl)cc2)c1. The Morgan fingerprint density at radius 2 is 2.04 bits per heavy atom. The van der Waals surface area contributed by atoms with Crippen molar-refractivity contribution in [2.75, 3.05) is 5.75 Å². The number of pyridine rings is 1. The molecular weight excluding hydrogens is 348 g/mol. The number of Topliss-reactive ketones (excluding diaryl/α,β-unsaturated/α-hetero) is 1. The van der Waals surface area contributed by atoms with Crippen LogP contribution in [0, 0.1) is 18.3 Å². The number of ketones is 1. The summed E-state index contributed by atoms with van der Waals surface area (Å²) in [5.41, 5.74) is 1.94. The third-order valence-electron chi connectivity index (χ3n) is 3.01. The fraction of sp³-hybridized carbons (Fsp3) is 0.118. The molecule has 0 aliphatic heterocycles. The molecule has 1 aromatic carbocycles. The lowest BCUT2D eigenvalue weighted by molar-refractivity contribution is -0.578. The van der Waals surface area contributed by atoms with Gasteiger partial charge < -0.3 is 12.6 Å². The third kappa shape index (κ3) is 4.80. The number of halogens is 1. The molecule has 6 heteroatoms. The molecule has 3 nitrogen and oxygen atoms in total. The number of allylic oxidation sites excluding steroid dienone is 1. The Labute approximate surface area is 150 Å². The first-order valence-electron chi connectivity index (χ1n) is 6.72. The van der Waals surface area contributed by atoms with Gasteiger partial charge in [0.2, 0.25) is 0 Å². The second-order valence-corrected chi connectivity index (χ2v) is 6.84. The van der Waals surface area contributed by atoms with Crippen LogP contribution in [0.4, 0.5) is 0 Å². The molecule has 0 aliphatic rings. The smallest absolute Gasteiger partial charge is 0.275 e. The van der Waals surface area contributed by atoms with Crippen molar-refractivity contribution in [3.05, 3.63) is 69.2 Å². The number of benzene rings is 1. The Morgan fingerprint density at radius 1 is 1.35 bits per heavy atom. The molecule has 0 saturated carbocycles. The van der Waals surface area contributed by atoms with Crippen molar-refractivity contribution < 1.29 is 9.36 Å². The minimum absolute atomic E-state index is 0.0550. The summed E-state index contributed by atoms with van der Waals surface area (Å²) in [6.45, 7) is 1.94. The van der Waals surface area contributed by atoms with Crippen LogP contribution in [0.2, 0.25) is 5.02 Å². The van der Waals surface area contributed by atoms with Gasteiger partial charge in [-0.3, -0.25) is 4.79 Å². The number of hydrogen-bond donors (Lipinski definition) is 0. The van der Waals surface area contributed by atoms with Crippen LogP contribution in [0.25, 0.3) is 5.70 Å². The van der Waals surface area contributed by atoms with Gasteiger partial charge in [-0.25, -0.2) is 0 Å². The highest BCUT2D eigenvalue weighted by molar-refractivity contribution is 8.11. The van der Waals surface area contributed by atoms with E-state index in [1.807, 2.05) is 25.3 Å². The molecule has 116 valence electrons. The van der Waals surface area contributed by atoms with Gasteiger partial charge in [-0.2, -0.15) is 9.83 Å². The molecule has 0 bridgehead atoms. The quantitative estimate of drug-likeness (QED) is 0.352. The lowest BCUT2D eigenvalue weighted by Crippen LogP contribution is -2.31. The maximum atomic E-state index is 12.1. The van der Waals surface area contributed by atoms with E-state index in [4.69, 9.17) is 24.2 Å². The molecular formula is C17H13ClN2OS2. The standard InChI is InChI=1S/C17H13ClN2OS2/c1-12-3-2-8-20(10-12)15(9-19)17(22)23-11-16(21)13-4-6-14(18)7-5-13/h2-8,10H,11H2,1H3. The third-order valence-corrected chi connectivity index (χ3v) is 4.67. The summed E-state index contributed by atoms with van der Waals surface area (Å²) in [5.74, 6) is 0.124. The molecule has 0 saturated heterocycles. The van der Waals surface area contributed by atoms with Crippen LogP contribution in [-0.2, 0) is 12.6 Å². The Kier molecular flexibility index (Phi) is 6.17. The summed E-state index contributed by atoms with van der Waals surface area (Å²) in [4.78, 5) is 12.1. The monoisotopic (exact) mass is 360 g/mol. The van der Waals surface area contributed by atoms with E-state index in [1.165, 1.54) is 11.8 Å². The predicted octanol–water partition coefficient (Wildman–Crippen LogP) is 3.75. The molecule has 0 radical (unpaired) electrons. The zero-order chi connectivity index (χ0) is 16.8. The number of carbonyl (C=O) groups is 1. The molecule has 0 unspecified atom stereocenters. The largest absolute Gasteiger partial charge is 0.766 e. The highest BCUT2D eigenvalue weighted by Gasteiger charge is 2.12. The molecule has 0 fully saturated rings. The van der Waals surface area contributed by atoms with E-state index in [0.717, 1.165) is 5.56 Å². The number of nitrogens with zero attached hydrogens (tertiary/aromatic N) is 2. The van der Waals surface area contributed by atoms with E-state index < -0.39 is 0 Å². The van der Waals surface area contributed by atoms with Gasteiger partial charge in [0.1, 0.15) is 0 Å². The van der Waals surface area contributed by atoms with Gasteiger partial charge >= 0.3 is 0 Å². The number of rotatable bonds is 5. The Morgan fingerprint density at radius 3 is 2.65 bits per heavy atom. The van der Waals surface area contributed by atoms with Crippen LogP contribution < -0.4 is 4.57 Å². The van der Waals surface area contributed by atoms with Crippen molar-refractivity contribution in [1.29, 1.82) is 5.26 Å². The van der Waals surface area contributed by atoms with Gasteiger partial charge in [0.15, 0.2) is 24.2 Å². The number of thioether (sulfide) groups is 1. The minimum Gasteiger partial charge on any atom is -0.766 e. The summed E-state index contributed by atoms with van der Waals surface area (Å²) in [6.07, 6.45) is 3.59. The van der Waals surface area contributed by atoms with Crippen molar-refractivity contribution in [2.24, 2.45) is 0 Å². The van der Waals surface area contributed by atoms with Crippen LogP contribution in [-0.4, -0.2) is 11.5 Å². The summed E-state index contributed by atoms with van der Waals surface area (Å²) in [5, 5.41) is 9.93. The van der Waals surface area contributed by atoms with Crippen LogP contribution in [0.3, 0.4) is 0 Å². The second-order valence-electron chi connectivity index (χ2n) is 4.76. The van der Waals surface area contributed by atoms with Crippen molar-refractivity contribution in [1.82, 2.24) is 0 Å². The lowest BCUT2D eigenvalue weighted by atomic mass is 10.1. The van der Waals surface area contributed by atoms with E-state index in [-0.39, 0.29) is 11.5 Å². The first-order chi connectivity index (χ1) is 11.0. The molecule has 23 heavy (non-hydrogen) atoms. The van der Waals surface area contributed by atoms with Gasteiger partial charge in [-0.15, -0.1) is 11.8 Å². The highest BCUT2D eigenvalue weighted by Crippen LogP contribution is 2.20. The average Bonchev–Trinajstić information content (AvgIpc) is 2.54.